The summed E-state index contributed by atoms with van der Waals surface area (Å²) in [6.07, 6.45) is 8.65. The van der Waals surface area contributed by atoms with Crippen molar-refractivity contribution >= 4 is 6.29 Å². The lowest BCUT2D eigenvalue weighted by molar-refractivity contribution is 0.112. The third-order valence-corrected chi connectivity index (χ3v) is 3.77. The number of aldehydes is 1. The standard InChI is InChI=1S/C15H20O/c1-2-14-13(11-16)9-6-10-15(14)12-7-4-3-5-8-12/h6,9-12H,2-5,7-8H2,1H3. The fourth-order valence-electron chi connectivity index (χ4n) is 2.94. The summed E-state index contributed by atoms with van der Waals surface area (Å²) in [5.41, 5.74) is 3.61. The molecule has 0 atom stereocenters. The molecule has 1 fully saturated rings. The molecule has 1 nitrogen and oxygen atoms in total. The molecule has 1 aliphatic rings. The van der Waals surface area contributed by atoms with E-state index in [0.717, 1.165) is 18.3 Å². The van der Waals surface area contributed by atoms with Crippen LogP contribution in [0.4, 0.5) is 0 Å². The first kappa shape index (κ1) is 11.4. The summed E-state index contributed by atoms with van der Waals surface area (Å²) < 4.78 is 0. The lowest BCUT2D eigenvalue weighted by atomic mass is 9.80. The van der Waals surface area contributed by atoms with E-state index in [1.807, 2.05) is 12.1 Å². The number of hydrogen-bond donors (Lipinski definition) is 0. The van der Waals surface area contributed by atoms with E-state index < -0.39 is 0 Å². The van der Waals surface area contributed by atoms with Crippen molar-refractivity contribution in [2.75, 3.05) is 0 Å². The second kappa shape index (κ2) is 5.29. The molecule has 0 spiro atoms. The highest BCUT2D eigenvalue weighted by Gasteiger charge is 2.18. The average molecular weight is 216 g/mol. The second-order valence-corrected chi connectivity index (χ2v) is 4.72. The molecule has 0 aromatic heterocycles. The van der Waals surface area contributed by atoms with E-state index in [1.165, 1.54) is 43.2 Å². The molecule has 0 unspecified atom stereocenters. The third kappa shape index (κ3) is 2.18. The zero-order chi connectivity index (χ0) is 11.4. The maximum absolute atomic E-state index is 11.0. The number of rotatable bonds is 3. The van der Waals surface area contributed by atoms with E-state index in [0.29, 0.717) is 5.92 Å². The molecule has 86 valence electrons. The van der Waals surface area contributed by atoms with Gasteiger partial charge in [0.1, 0.15) is 6.29 Å². The van der Waals surface area contributed by atoms with Gasteiger partial charge >= 0.3 is 0 Å². The molecule has 2 rings (SSSR count). The normalized spacial score (nSPS) is 17.3. The highest BCUT2D eigenvalue weighted by Crippen LogP contribution is 2.35. The summed E-state index contributed by atoms with van der Waals surface area (Å²) >= 11 is 0. The Morgan fingerprint density at radius 1 is 1.25 bits per heavy atom. The molecule has 1 aromatic carbocycles. The first-order valence-corrected chi connectivity index (χ1v) is 6.43. The summed E-state index contributed by atoms with van der Waals surface area (Å²) in [4.78, 5) is 11.0. The maximum atomic E-state index is 11.0. The minimum absolute atomic E-state index is 0.698. The molecule has 1 aromatic rings. The lowest BCUT2D eigenvalue weighted by Gasteiger charge is -2.24. The Morgan fingerprint density at radius 3 is 2.62 bits per heavy atom. The van der Waals surface area contributed by atoms with Gasteiger partial charge in [0.2, 0.25) is 0 Å². The molecule has 0 saturated heterocycles. The SMILES string of the molecule is CCc1c(C=O)cccc1C1CCCCC1. The monoisotopic (exact) mass is 216 g/mol. The van der Waals surface area contributed by atoms with Crippen LogP contribution in [-0.2, 0) is 6.42 Å². The molecule has 1 saturated carbocycles. The quantitative estimate of drug-likeness (QED) is 0.695. The van der Waals surface area contributed by atoms with Gasteiger partial charge in [-0.05, 0) is 36.3 Å². The predicted octanol–water partition coefficient (Wildman–Crippen LogP) is 4.11. The maximum Gasteiger partial charge on any atom is 0.150 e. The minimum atomic E-state index is 0.698. The van der Waals surface area contributed by atoms with Crippen LogP contribution in [0.5, 0.6) is 0 Å². The van der Waals surface area contributed by atoms with Crippen molar-refractivity contribution < 1.29 is 4.79 Å². The topological polar surface area (TPSA) is 17.1 Å². The van der Waals surface area contributed by atoms with E-state index in [4.69, 9.17) is 0 Å². The van der Waals surface area contributed by atoms with Crippen LogP contribution in [0.15, 0.2) is 18.2 Å². The highest BCUT2D eigenvalue weighted by atomic mass is 16.1. The van der Waals surface area contributed by atoms with Gasteiger partial charge in [0.15, 0.2) is 0 Å². The van der Waals surface area contributed by atoms with Gasteiger partial charge in [0.25, 0.3) is 0 Å². The smallest absolute Gasteiger partial charge is 0.150 e. The van der Waals surface area contributed by atoms with Gasteiger partial charge in [0, 0.05) is 5.56 Å². The second-order valence-electron chi connectivity index (χ2n) is 4.72. The van der Waals surface area contributed by atoms with Gasteiger partial charge in [-0.1, -0.05) is 44.4 Å². The lowest BCUT2D eigenvalue weighted by Crippen LogP contribution is -2.08. The van der Waals surface area contributed by atoms with E-state index in [-0.39, 0.29) is 0 Å². The predicted molar refractivity (Wildman–Crippen MR) is 67.0 cm³/mol. The summed E-state index contributed by atoms with van der Waals surface area (Å²) in [7, 11) is 0. The minimum Gasteiger partial charge on any atom is -0.298 e. The summed E-state index contributed by atoms with van der Waals surface area (Å²) in [5, 5.41) is 0. The van der Waals surface area contributed by atoms with Crippen LogP contribution in [-0.4, -0.2) is 6.29 Å². The third-order valence-electron chi connectivity index (χ3n) is 3.77. The van der Waals surface area contributed by atoms with Crippen LogP contribution in [0.25, 0.3) is 0 Å². The Morgan fingerprint density at radius 2 is 2.00 bits per heavy atom. The molecule has 0 N–H and O–H groups in total. The number of carbonyl (C=O) groups excluding carboxylic acids is 1. The molecular formula is C15H20O. The van der Waals surface area contributed by atoms with Gasteiger partial charge in [-0.3, -0.25) is 4.79 Å². The molecule has 1 heteroatoms. The van der Waals surface area contributed by atoms with Gasteiger partial charge in [-0.2, -0.15) is 0 Å². The van der Waals surface area contributed by atoms with Crippen molar-refractivity contribution in [3.8, 4) is 0 Å². The molecular weight excluding hydrogens is 196 g/mol. The van der Waals surface area contributed by atoms with Crippen molar-refractivity contribution in [1.29, 1.82) is 0 Å². The van der Waals surface area contributed by atoms with Crippen LogP contribution in [0.3, 0.4) is 0 Å². The van der Waals surface area contributed by atoms with Crippen LogP contribution >= 0.6 is 0 Å². The molecule has 0 radical (unpaired) electrons. The fourth-order valence-corrected chi connectivity index (χ4v) is 2.94. The summed E-state index contributed by atoms with van der Waals surface area (Å²) in [6.45, 7) is 2.15. The van der Waals surface area contributed by atoms with Crippen LogP contribution < -0.4 is 0 Å². The van der Waals surface area contributed by atoms with Crippen LogP contribution in [0, 0.1) is 0 Å². The van der Waals surface area contributed by atoms with Gasteiger partial charge in [0.05, 0.1) is 0 Å². The molecule has 0 heterocycles. The first-order chi connectivity index (χ1) is 7.86. The van der Waals surface area contributed by atoms with Gasteiger partial charge in [-0.15, -0.1) is 0 Å². The molecule has 16 heavy (non-hydrogen) atoms. The molecule has 1 aliphatic carbocycles. The van der Waals surface area contributed by atoms with Gasteiger partial charge in [-0.25, -0.2) is 0 Å². The Kier molecular flexibility index (Phi) is 3.76. The Hall–Kier alpha value is -1.11. The number of benzene rings is 1. The van der Waals surface area contributed by atoms with E-state index in [2.05, 4.69) is 13.0 Å². The molecule has 0 aliphatic heterocycles. The van der Waals surface area contributed by atoms with E-state index in [9.17, 15) is 4.79 Å². The van der Waals surface area contributed by atoms with E-state index in [1.54, 1.807) is 0 Å². The summed E-state index contributed by atoms with van der Waals surface area (Å²) in [5.74, 6) is 0.698. The van der Waals surface area contributed by atoms with Crippen molar-refractivity contribution in [2.45, 2.75) is 51.4 Å². The fraction of sp³-hybridized carbons (Fsp3) is 0.533. The van der Waals surface area contributed by atoms with Gasteiger partial charge < -0.3 is 0 Å². The number of carbonyl (C=O) groups is 1. The van der Waals surface area contributed by atoms with E-state index >= 15 is 0 Å². The van der Waals surface area contributed by atoms with Crippen LogP contribution in [0.1, 0.15) is 66.4 Å². The average Bonchev–Trinajstić information content (AvgIpc) is 2.38. The van der Waals surface area contributed by atoms with Crippen molar-refractivity contribution in [2.24, 2.45) is 0 Å². The Labute approximate surface area is 97.9 Å². The highest BCUT2D eigenvalue weighted by molar-refractivity contribution is 5.78. The zero-order valence-corrected chi connectivity index (χ0v) is 10.0. The largest absolute Gasteiger partial charge is 0.298 e. The molecule has 0 amide bonds. The Bertz CT molecular complexity index is 362. The van der Waals surface area contributed by atoms with Crippen LogP contribution in [0.2, 0.25) is 0 Å². The zero-order valence-electron chi connectivity index (χ0n) is 10.0. The molecule has 0 bridgehead atoms. The summed E-state index contributed by atoms with van der Waals surface area (Å²) in [6, 6.07) is 6.20. The van der Waals surface area contributed by atoms with Crippen molar-refractivity contribution in [3.63, 3.8) is 0 Å². The first-order valence-electron chi connectivity index (χ1n) is 6.43. The number of hydrogen-bond acceptors (Lipinski definition) is 1. The van der Waals surface area contributed by atoms with Crippen molar-refractivity contribution in [1.82, 2.24) is 0 Å². The Balaban J connectivity index is 2.34. The van der Waals surface area contributed by atoms with Crippen molar-refractivity contribution in [3.05, 3.63) is 34.9 Å².